The van der Waals surface area contributed by atoms with Gasteiger partial charge in [-0.3, -0.25) is 4.72 Å². The van der Waals surface area contributed by atoms with Crippen molar-refractivity contribution in [2.24, 2.45) is 5.73 Å². The van der Waals surface area contributed by atoms with Gasteiger partial charge in [0, 0.05) is 16.6 Å². The number of halogens is 1. The summed E-state index contributed by atoms with van der Waals surface area (Å²) in [5.41, 5.74) is 6.30. The summed E-state index contributed by atoms with van der Waals surface area (Å²) in [4.78, 5) is 11.6. The monoisotopic (exact) mass is 410 g/mol. The molecule has 0 atom stereocenters. The minimum Gasteiger partial charge on any atom is -0.350 e. The maximum Gasteiger partial charge on any atom is 0.340 e. The Morgan fingerprint density at radius 3 is 2.34 bits per heavy atom. The summed E-state index contributed by atoms with van der Waals surface area (Å²) in [6.45, 7) is 0. The van der Waals surface area contributed by atoms with Crippen LogP contribution in [0.4, 0.5) is 14.9 Å². The number of anilines is 1. The van der Waals surface area contributed by atoms with Gasteiger partial charge in [0.1, 0.15) is 5.52 Å². The van der Waals surface area contributed by atoms with Crippen LogP contribution in [-0.2, 0) is 10.0 Å². The quantitative estimate of drug-likeness (QED) is 0.536. The summed E-state index contributed by atoms with van der Waals surface area (Å²) in [6, 6.07) is 16.5. The van der Waals surface area contributed by atoms with E-state index < -0.39 is 21.9 Å². The van der Waals surface area contributed by atoms with Crippen LogP contribution >= 0.6 is 0 Å². The molecule has 3 N–H and O–H groups in total. The summed E-state index contributed by atoms with van der Waals surface area (Å²) in [5, 5.41) is 4.24. The number of hydrogen-bond donors (Lipinski definition) is 2. The molecule has 0 saturated carbocycles. The van der Waals surface area contributed by atoms with Crippen molar-refractivity contribution in [3.8, 4) is 11.1 Å². The van der Waals surface area contributed by atoms with E-state index in [2.05, 4.69) is 9.82 Å². The van der Waals surface area contributed by atoms with E-state index in [1.54, 1.807) is 42.5 Å². The van der Waals surface area contributed by atoms with Crippen LogP contribution in [0.25, 0.3) is 22.0 Å². The highest BCUT2D eigenvalue weighted by atomic mass is 32.2. The van der Waals surface area contributed by atoms with Crippen LogP contribution in [0.5, 0.6) is 0 Å². The number of aromatic nitrogens is 2. The Balaban J connectivity index is 1.67. The maximum atomic E-state index is 15.0. The van der Waals surface area contributed by atoms with Crippen molar-refractivity contribution >= 4 is 32.6 Å². The Bertz CT molecular complexity index is 1320. The molecule has 146 valence electrons. The van der Waals surface area contributed by atoms with E-state index in [4.69, 9.17) is 5.73 Å². The van der Waals surface area contributed by atoms with E-state index >= 15 is 4.39 Å². The molecular formula is C20H15FN4O3S. The first-order valence-electron chi connectivity index (χ1n) is 8.51. The highest BCUT2D eigenvalue weighted by Gasteiger charge is 2.17. The number of carbonyl (C=O) groups is 1. The van der Waals surface area contributed by atoms with Crippen molar-refractivity contribution in [3.05, 3.63) is 78.7 Å². The van der Waals surface area contributed by atoms with Crippen molar-refractivity contribution in [2.75, 3.05) is 4.72 Å². The number of fused-ring (bicyclic) bond motifs is 1. The van der Waals surface area contributed by atoms with Gasteiger partial charge in [-0.15, -0.1) is 0 Å². The third-order valence-electron chi connectivity index (χ3n) is 4.38. The van der Waals surface area contributed by atoms with Crippen molar-refractivity contribution < 1.29 is 17.6 Å². The van der Waals surface area contributed by atoms with Crippen molar-refractivity contribution in [1.29, 1.82) is 0 Å². The molecule has 3 aromatic carbocycles. The Morgan fingerprint density at radius 1 is 1.00 bits per heavy atom. The predicted octanol–water partition coefficient (Wildman–Crippen LogP) is 3.57. The minimum absolute atomic E-state index is 0.0103. The van der Waals surface area contributed by atoms with E-state index in [1.807, 2.05) is 0 Å². The number of benzene rings is 3. The fraction of sp³-hybridized carbons (Fsp3) is 0. The molecular weight excluding hydrogens is 395 g/mol. The summed E-state index contributed by atoms with van der Waals surface area (Å²) in [6.07, 6.45) is 1.36. The summed E-state index contributed by atoms with van der Waals surface area (Å²) >= 11 is 0. The lowest BCUT2D eigenvalue weighted by molar-refractivity contribution is 0.248. The minimum atomic E-state index is -3.72. The lowest BCUT2D eigenvalue weighted by Gasteiger charge is -2.10. The van der Waals surface area contributed by atoms with E-state index in [0.717, 1.165) is 4.68 Å². The zero-order valence-electron chi connectivity index (χ0n) is 14.9. The van der Waals surface area contributed by atoms with Crippen LogP contribution in [0.15, 0.2) is 77.8 Å². The zero-order chi connectivity index (χ0) is 20.6. The summed E-state index contributed by atoms with van der Waals surface area (Å²) in [7, 11) is -3.72. The Morgan fingerprint density at radius 2 is 1.69 bits per heavy atom. The predicted molar refractivity (Wildman–Crippen MR) is 107 cm³/mol. The molecule has 4 aromatic rings. The van der Waals surface area contributed by atoms with E-state index in [0.29, 0.717) is 16.6 Å². The first-order valence-corrected chi connectivity index (χ1v) is 9.99. The van der Waals surface area contributed by atoms with Crippen LogP contribution in [0.2, 0.25) is 0 Å². The number of primary amides is 1. The molecule has 0 aliphatic rings. The molecule has 0 radical (unpaired) electrons. The summed E-state index contributed by atoms with van der Waals surface area (Å²) < 4.78 is 43.1. The third kappa shape index (κ3) is 3.43. The van der Waals surface area contributed by atoms with Crippen molar-refractivity contribution in [2.45, 2.75) is 4.90 Å². The zero-order valence-corrected chi connectivity index (χ0v) is 15.7. The number of nitrogens with one attached hydrogen (secondary N) is 1. The number of carbonyl (C=O) groups excluding carboxylic acids is 1. The lowest BCUT2D eigenvalue weighted by Crippen LogP contribution is -2.21. The molecule has 0 aliphatic carbocycles. The smallest absolute Gasteiger partial charge is 0.340 e. The fourth-order valence-electron chi connectivity index (χ4n) is 3.00. The highest BCUT2D eigenvalue weighted by molar-refractivity contribution is 7.92. The van der Waals surface area contributed by atoms with Gasteiger partial charge in [-0.25, -0.2) is 17.6 Å². The average Bonchev–Trinajstić information content (AvgIpc) is 3.15. The molecule has 4 rings (SSSR count). The lowest BCUT2D eigenvalue weighted by atomic mass is 10.0. The molecule has 0 unspecified atom stereocenters. The van der Waals surface area contributed by atoms with Gasteiger partial charge in [0.25, 0.3) is 10.0 Å². The normalized spacial score (nSPS) is 11.5. The van der Waals surface area contributed by atoms with Gasteiger partial charge in [0.15, 0.2) is 5.82 Å². The molecule has 1 amide bonds. The van der Waals surface area contributed by atoms with Crippen LogP contribution in [-0.4, -0.2) is 24.2 Å². The number of rotatable bonds is 4. The number of amides is 1. The first-order chi connectivity index (χ1) is 13.9. The van der Waals surface area contributed by atoms with Gasteiger partial charge in [-0.05, 0) is 29.8 Å². The molecule has 1 heterocycles. The van der Waals surface area contributed by atoms with E-state index in [-0.39, 0.29) is 16.0 Å². The van der Waals surface area contributed by atoms with Gasteiger partial charge in [-0.2, -0.15) is 9.78 Å². The van der Waals surface area contributed by atoms with E-state index in [9.17, 15) is 13.2 Å². The Kier molecular flexibility index (Phi) is 4.51. The van der Waals surface area contributed by atoms with Crippen LogP contribution in [0, 0.1) is 5.82 Å². The first kappa shape index (κ1) is 18.6. The molecule has 29 heavy (non-hydrogen) atoms. The molecule has 1 aromatic heterocycles. The Hall–Kier alpha value is -3.72. The second kappa shape index (κ2) is 7.02. The maximum absolute atomic E-state index is 15.0. The number of hydrogen-bond acceptors (Lipinski definition) is 4. The van der Waals surface area contributed by atoms with Crippen LogP contribution < -0.4 is 10.5 Å². The van der Waals surface area contributed by atoms with Gasteiger partial charge in [-0.1, -0.05) is 42.5 Å². The number of nitrogens with zero attached hydrogens (tertiary/aromatic N) is 2. The second-order valence-electron chi connectivity index (χ2n) is 6.26. The molecule has 0 aliphatic heterocycles. The second-order valence-corrected chi connectivity index (χ2v) is 7.94. The largest absolute Gasteiger partial charge is 0.350 e. The summed E-state index contributed by atoms with van der Waals surface area (Å²) in [5.74, 6) is -0.642. The number of sulfonamides is 1. The topological polar surface area (TPSA) is 107 Å². The SMILES string of the molecule is NC(=O)n1ncc2ccc(-c3ccc(NS(=O)(=O)c4ccccc4)cc3)c(F)c21. The molecule has 0 bridgehead atoms. The molecule has 7 nitrogen and oxygen atoms in total. The number of nitrogens with two attached hydrogens (primary N) is 1. The highest BCUT2D eigenvalue weighted by Crippen LogP contribution is 2.30. The average molecular weight is 410 g/mol. The van der Waals surface area contributed by atoms with Crippen molar-refractivity contribution in [1.82, 2.24) is 9.78 Å². The third-order valence-corrected chi connectivity index (χ3v) is 5.78. The molecule has 9 heteroatoms. The molecule has 0 fully saturated rings. The standard InChI is InChI=1S/C20H15FN4O3S/c21-18-17(11-8-14-12-23-25(19(14)18)20(22)26)13-6-9-15(10-7-13)24-29(27,28)16-4-2-1-3-5-16/h1-12,24H,(H2,22,26). The Labute approximate surface area is 165 Å². The van der Waals surface area contributed by atoms with E-state index in [1.165, 1.54) is 30.5 Å². The van der Waals surface area contributed by atoms with Crippen LogP contribution in [0.1, 0.15) is 0 Å². The fourth-order valence-corrected chi connectivity index (χ4v) is 4.08. The van der Waals surface area contributed by atoms with Gasteiger partial charge in [0.2, 0.25) is 0 Å². The molecule has 0 saturated heterocycles. The van der Waals surface area contributed by atoms with Gasteiger partial charge in [0.05, 0.1) is 11.1 Å². The van der Waals surface area contributed by atoms with Gasteiger partial charge >= 0.3 is 6.03 Å². The van der Waals surface area contributed by atoms with Crippen molar-refractivity contribution in [3.63, 3.8) is 0 Å². The van der Waals surface area contributed by atoms with Crippen LogP contribution in [0.3, 0.4) is 0 Å². The molecule has 0 spiro atoms. The van der Waals surface area contributed by atoms with Gasteiger partial charge < -0.3 is 5.73 Å².